The molecule has 1 aliphatic heterocycles. The first-order chi connectivity index (χ1) is 18.5. The molecule has 3 aromatic heterocycles. The summed E-state index contributed by atoms with van der Waals surface area (Å²) in [6, 6.07) is 11.2. The molecule has 1 fully saturated rings. The van der Waals surface area contributed by atoms with Crippen molar-refractivity contribution in [3.8, 4) is 0 Å². The average molecular weight is 538 g/mol. The molecule has 0 spiro atoms. The van der Waals surface area contributed by atoms with Crippen LogP contribution in [0, 0.1) is 11.6 Å². The summed E-state index contributed by atoms with van der Waals surface area (Å²) in [5.41, 5.74) is 1.74. The van der Waals surface area contributed by atoms with E-state index in [4.69, 9.17) is 4.98 Å². The lowest BCUT2D eigenvalue weighted by Crippen LogP contribution is -2.42. The van der Waals surface area contributed by atoms with E-state index in [-0.39, 0.29) is 11.9 Å². The molecule has 1 saturated heterocycles. The van der Waals surface area contributed by atoms with Crippen molar-refractivity contribution < 1.29 is 13.6 Å². The van der Waals surface area contributed by atoms with E-state index < -0.39 is 11.6 Å². The molecule has 0 atom stereocenters. The van der Waals surface area contributed by atoms with E-state index in [0.717, 1.165) is 48.2 Å². The van der Waals surface area contributed by atoms with Gasteiger partial charge >= 0.3 is 0 Å². The number of piperidine rings is 1. The zero-order valence-electron chi connectivity index (χ0n) is 21.0. The summed E-state index contributed by atoms with van der Waals surface area (Å²) in [6.07, 6.45) is 3.85. The van der Waals surface area contributed by atoms with Gasteiger partial charge in [0.1, 0.15) is 33.6 Å². The molecule has 0 bridgehead atoms. The average Bonchev–Trinajstić information content (AvgIpc) is 3.32. The number of benzene rings is 1. The lowest BCUT2D eigenvalue weighted by Gasteiger charge is -2.23. The number of hydrogen-bond acceptors (Lipinski definition) is 8. The van der Waals surface area contributed by atoms with Crippen molar-refractivity contribution >= 4 is 44.4 Å². The zero-order chi connectivity index (χ0) is 26.5. The second-order valence-electron chi connectivity index (χ2n) is 9.13. The van der Waals surface area contributed by atoms with Gasteiger partial charge in [-0.25, -0.2) is 23.7 Å². The third-order valence-electron chi connectivity index (χ3n) is 6.55. The number of rotatable bonds is 9. The second-order valence-corrected chi connectivity index (χ2v) is 10.1. The summed E-state index contributed by atoms with van der Waals surface area (Å²) in [7, 11) is 0. The second kappa shape index (κ2) is 11.8. The van der Waals surface area contributed by atoms with Crippen molar-refractivity contribution in [1.29, 1.82) is 0 Å². The van der Waals surface area contributed by atoms with Gasteiger partial charge in [-0.2, -0.15) is 0 Å². The predicted molar refractivity (Wildman–Crippen MR) is 146 cm³/mol. The van der Waals surface area contributed by atoms with E-state index in [2.05, 4.69) is 25.9 Å². The monoisotopic (exact) mass is 537 g/mol. The fourth-order valence-corrected chi connectivity index (χ4v) is 5.24. The van der Waals surface area contributed by atoms with Gasteiger partial charge in [-0.3, -0.25) is 4.79 Å². The molecule has 4 heterocycles. The van der Waals surface area contributed by atoms with Gasteiger partial charge in [0, 0.05) is 31.4 Å². The standard InChI is InChI=1S/C27H29F2N7OS/c1-2-36(14-11-17-3-5-19(28)15-21(17)29)24-8-6-22-26(35-24)38-27(33-22)34-23-7-4-18(16-31-23)25(37)32-20-9-12-30-13-10-20/h3-8,15-16,20,30H,2,9-14H2,1H3,(H,32,37)(H,31,33,34). The maximum atomic E-state index is 14.0. The van der Waals surface area contributed by atoms with Crippen molar-refractivity contribution in [2.45, 2.75) is 32.2 Å². The maximum absolute atomic E-state index is 14.0. The SMILES string of the molecule is CCN(CCc1ccc(F)cc1F)c1ccc2nc(Nc3ccc(C(=O)NC4CCNCC4)cn3)sc2n1. The molecule has 0 radical (unpaired) electrons. The van der Waals surface area contributed by atoms with Crippen LogP contribution in [0.1, 0.15) is 35.7 Å². The number of halogens is 2. The number of fused-ring (bicyclic) bond motifs is 1. The van der Waals surface area contributed by atoms with E-state index in [1.807, 2.05) is 24.0 Å². The molecular formula is C27H29F2N7OS. The van der Waals surface area contributed by atoms with Crippen LogP contribution in [0.5, 0.6) is 0 Å². The van der Waals surface area contributed by atoms with E-state index in [9.17, 15) is 13.6 Å². The first kappa shape index (κ1) is 25.9. The Kier molecular flexibility index (Phi) is 8.04. The number of amides is 1. The van der Waals surface area contributed by atoms with E-state index in [1.54, 1.807) is 18.3 Å². The Balaban J connectivity index is 1.22. The first-order valence-corrected chi connectivity index (χ1v) is 13.5. The summed E-state index contributed by atoms with van der Waals surface area (Å²) >= 11 is 1.40. The van der Waals surface area contributed by atoms with E-state index in [1.165, 1.54) is 23.5 Å². The molecule has 8 nitrogen and oxygen atoms in total. The Labute approximate surface area is 223 Å². The molecule has 1 aliphatic rings. The number of anilines is 3. The highest BCUT2D eigenvalue weighted by Gasteiger charge is 2.17. The highest BCUT2D eigenvalue weighted by Crippen LogP contribution is 2.28. The predicted octanol–water partition coefficient (Wildman–Crippen LogP) is 4.66. The third-order valence-corrected chi connectivity index (χ3v) is 7.43. The molecule has 0 unspecified atom stereocenters. The molecule has 0 aliphatic carbocycles. The molecule has 4 aromatic rings. The van der Waals surface area contributed by atoms with Gasteiger partial charge in [0.05, 0.1) is 5.56 Å². The number of hydrogen-bond donors (Lipinski definition) is 3. The Morgan fingerprint density at radius 2 is 1.97 bits per heavy atom. The van der Waals surface area contributed by atoms with Crippen LogP contribution in [0.15, 0.2) is 48.7 Å². The summed E-state index contributed by atoms with van der Waals surface area (Å²) < 4.78 is 27.2. The van der Waals surface area contributed by atoms with Crippen molar-refractivity contribution in [3.63, 3.8) is 0 Å². The topological polar surface area (TPSA) is 95.1 Å². The van der Waals surface area contributed by atoms with Crippen LogP contribution < -0.4 is 20.9 Å². The van der Waals surface area contributed by atoms with Crippen molar-refractivity contribution in [2.24, 2.45) is 0 Å². The number of nitrogens with one attached hydrogen (secondary N) is 3. The van der Waals surface area contributed by atoms with Gasteiger partial charge in [-0.05, 0) is 75.2 Å². The van der Waals surface area contributed by atoms with Crippen LogP contribution in [-0.2, 0) is 6.42 Å². The lowest BCUT2D eigenvalue weighted by atomic mass is 10.1. The first-order valence-electron chi connectivity index (χ1n) is 12.7. The number of aromatic nitrogens is 3. The quantitative estimate of drug-likeness (QED) is 0.286. The van der Waals surface area contributed by atoms with E-state index in [0.29, 0.717) is 41.6 Å². The molecule has 11 heteroatoms. The third kappa shape index (κ3) is 6.22. The minimum Gasteiger partial charge on any atom is -0.357 e. The molecule has 1 aromatic carbocycles. The Hall–Kier alpha value is -3.70. The van der Waals surface area contributed by atoms with Gasteiger partial charge in [-0.1, -0.05) is 17.4 Å². The number of pyridine rings is 2. The molecule has 198 valence electrons. The highest BCUT2D eigenvalue weighted by molar-refractivity contribution is 7.21. The smallest absolute Gasteiger partial charge is 0.253 e. The van der Waals surface area contributed by atoms with E-state index >= 15 is 0 Å². The molecule has 1 amide bonds. The number of nitrogens with zero attached hydrogens (tertiary/aromatic N) is 4. The molecular weight excluding hydrogens is 508 g/mol. The summed E-state index contributed by atoms with van der Waals surface area (Å²) in [5.74, 6) is 0.116. The van der Waals surface area contributed by atoms with Crippen molar-refractivity contribution in [1.82, 2.24) is 25.6 Å². The number of likely N-dealkylation sites (N-methyl/N-ethyl adjacent to an activating group) is 1. The fourth-order valence-electron chi connectivity index (χ4n) is 4.40. The van der Waals surface area contributed by atoms with Crippen molar-refractivity contribution in [2.75, 3.05) is 36.4 Å². The Morgan fingerprint density at radius 1 is 1.13 bits per heavy atom. The minimum atomic E-state index is -0.579. The Morgan fingerprint density at radius 3 is 2.71 bits per heavy atom. The normalized spacial score (nSPS) is 14.0. The summed E-state index contributed by atoms with van der Waals surface area (Å²) in [6.45, 7) is 5.07. The van der Waals surface area contributed by atoms with Crippen LogP contribution >= 0.6 is 11.3 Å². The molecule has 0 saturated carbocycles. The van der Waals surface area contributed by atoms with Crippen LogP contribution in [0.2, 0.25) is 0 Å². The fraction of sp³-hybridized carbons (Fsp3) is 0.333. The van der Waals surface area contributed by atoms with Gasteiger partial charge in [0.25, 0.3) is 5.91 Å². The van der Waals surface area contributed by atoms with Gasteiger partial charge in [-0.15, -0.1) is 0 Å². The van der Waals surface area contributed by atoms with Crippen LogP contribution in [0.3, 0.4) is 0 Å². The summed E-state index contributed by atoms with van der Waals surface area (Å²) in [5, 5.41) is 10.2. The van der Waals surface area contributed by atoms with Gasteiger partial charge in [0.15, 0.2) is 5.13 Å². The molecule has 5 rings (SSSR count). The Bertz CT molecular complexity index is 1410. The highest BCUT2D eigenvalue weighted by atomic mass is 32.1. The largest absolute Gasteiger partial charge is 0.357 e. The lowest BCUT2D eigenvalue weighted by molar-refractivity contribution is 0.0929. The van der Waals surface area contributed by atoms with Gasteiger partial charge < -0.3 is 20.9 Å². The van der Waals surface area contributed by atoms with Crippen LogP contribution in [0.4, 0.5) is 25.5 Å². The zero-order valence-corrected chi connectivity index (χ0v) is 21.8. The number of carbonyl (C=O) groups excluding carboxylic acids is 1. The van der Waals surface area contributed by atoms with Gasteiger partial charge in [0.2, 0.25) is 0 Å². The van der Waals surface area contributed by atoms with Crippen LogP contribution in [0.25, 0.3) is 10.3 Å². The number of carbonyl (C=O) groups is 1. The van der Waals surface area contributed by atoms with Crippen molar-refractivity contribution in [3.05, 3.63) is 71.4 Å². The molecule has 3 N–H and O–H groups in total. The summed E-state index contributed by atoms with van der Waals surface area (Å²) in [4.78, 5) is 29.1. The van der Waals surface area contributed by atoms with Crippen LogP contribution in [-0.4, -0.2) is 53.1 Å². The maximum Gasteiger partial charge on any atom is 0.253 e. The minimum absolute atomic E-state index is 0.115. The molecule has 38 heavy (non-hydrogen) atoms. The number of thiazole rings is 1.